The number of hydrogen-bond donors (Lipinski definition) is 0. The molecule has 0 aliphatic heterocycles. The second-order valence-electron chi connectivity index (χ2n) is 4.66. The Kier molecular flexibility index (Phi) is 3.70. The van der Waals surface area contributed by atoms with Gasteiger partial charge in [-0.15, -0.1) is 11.8 Å². The van der Waals surface area contributed by atoms with Crippen molar-refractivity contribution in [3.63, 3.8) is 0 Å². The molecule has 0 amide bonds. The highest BCUT2D eigenvalue weighted by Gasteiger charge is 2.32. The van der Waals surface area contributed by atoms with Gasteiger partial charge in [0.1, 0.15) is 6.29 Å². The van der Waals surface area contributed by atoms with Crippen LogP contribution in [0.25, 0.3) is 0 Å². The van der Waals surface area contributed by atoms with Crippen molar-refractivity contribution in [2.75, 3.05) is 0 Å². The molecular formula is C14H18OS. The molecule has 86 valence electrons. The fourth-order valence-electron chi connectivity index (χ4n) is 2.24. The van der Waals surface area contributed by atoms with E-state index >= 15 is 0 Å². The highest BCUT2D eigenvalue weighted by Crippen LogP contribution is 2.42. The molecule has 2 heteroatoms. The maximum Gasteiger partial charge on any atom is 0.136 e. The van der Waals surface area contributed by atoms with Crippen molar-refractivity contribution in [1.29, 1.82) is 0 Å². The molecule has 0 aromatic heterocycles. The summed E-state index contributed by atoms with van der Waals surface area (Å²) < 4.78 is -0.145. The number of rotatable bonds is 3. The largest absolute Gasteiger partial charge is 0.302 e. The first-order valence-corrected chi connectivity index (χ1v) is 6.78. The molecule has 2 rings (SSSR count). The van der Waals surface area contributed by atoms with Gasteiger partial charge in [0.25, 0.3) is 0 Å². The summed E-state index contributed by atoms with van der Waals surface area (Å²) in [6, 6.07) is 8.48. The standard InChI is InChI=1S/C14H18OS/c1-12-5-7-13(8-6-12)16-14(11-15)9-3-2-4-10-14/h5-8,11H,2-4,9-10H2,1H3. The molecule has 0 N–H and O–H groups in total. The molecule has 1 nitrogen and oxygen atoms in total. The number of hydrogen-bond acceptors (Lipinski definition) is 2. The van der Waals surface area contributed by atoms with Gasteiger partial charge in [0.15, 0.2) is 0 Å². The van der Waals surface area contributed by atoms with Gasteiger partial charge in [0, 0.05) is 4.90 Å². The summed E-state index contributed by atoms with van der Waals surface area (Å²) in [5, 5.41) is 0. The predicted molar refractivity (Wildman–Crippen MR) is 68.9 cm³/mol. The maximum absolute atomic E-state index is 11.3. The average Bonchev–Trinajstić information content (AvgIpc) is 2.33. The average molecular weight is 234 g/mol. The topological polar surface area (TPSA) is 17.1 Å². The zero-order chi connectivity index (χ0) is 11.4. The highest BCUT2D eigenvalue weighted by molar-refractivity contribution is 8.01. The van der Waals surface area contributed by atoms with Gasteiger partial charge < -0.3 is 4.79 Å². The molecule has 1 aliphatic carbocycles. The van der Waals surface area contributed by atoms with Crippen LogP contribution in [0.1, 0.15) is 37.7 Å². The first kappa shape index (κ1) is 11.7. The van der Waals surface area contributed by atoms with E-state index in [1.807, 2.05) is 0 Å². The Bertz CT molecular complexity index is 350. The Hall–Kier alpha value is -0.760. The number of aldehydes is 1. The van der Waals surface area contributed by atoms with Crippen molar-refractivity contribution in [3.05, 3.63) is 29.8 Å². The molecule has 0 saturated heterocycles. The fraction of sp³-hybridized carbons (Fsp3) is 0.500. The van der Waals surface area contributed by atoms with Crippen molar-refractivity contribution < 1.29 is 4.79 Å². The first-order valence-electron chi connectivity index (χ1n) is 5.96. The molecule has 0 spiro atoms. The Morgan fingerprint density at radius 1 is 1.12 bits per heavy atom. The first-order chi connectivity index (χ1) is 7.74. The van der Waals surface area contributed by atoms with Crippen molar-refractivity contribution in [1.82, 2.24) is 0 Å². The summed E-state index contributed by atoms with van der Waals surface area (Å²) in [5.41, 5.74) is 1.27. The Labute approximate surface area is 102 Å². The van der Waals surface area contributed by atoms with Crippen molar-refractivity contribution in [2.45, 2.75) is 48.7 Å². The van der Waals surface area contributed by atoms with E-state index in [-0.39, 0.29) is 4.75 Å². The second kappa shape index (κ2) is 5.05. The molecule has 0 bridgehead atoms. The minimum absolute atomic E-state index is 0.145. The Morgan fingerprint density at radius 3 is 2.31 bits per heavy atom. The van der Waals surface area contributed by atoms with Crippen LogP contribution in [0.15, 0.2) is 29.2 Å². The predicted octanol–water partition coefficient (Wildman–Crippen LogP) is 3.99. The fourth-order valence-corrected chi connectivity index (χ4v) is 3.52. The molecule has 1 aromatic carbocycles. The smallest absolute Gasteiger partial charge is 0.136 e. The summed E-state index contributed by atoms with van der Waals surface area (Å²) in [6.45, 7) is 2.09. The van der Waals surface area contributed by atoms with Gasteiger partial charge in [-0.2, -0.15) is 0 Å². The van der Waals surface area contributed by atoms with E-state index in [0.717, 1.165) is 12.8 Å². The molecule has 16 heavy (non-hydrogen) atoms. The van der Waals surface area contributed by atoms with Crippen molar-refractivity contribution in [3.8, 4) is 0 Å². The lowest BCUT2D eigenvalue weighted by Crippen LogP contribution is -2.29. The monoisotopic (exact) mass is 234 g/mol. The quantitative estimate of drug-likeness (QED) is 0.736. The van der Waals surface area contributed by atoms with E-state index < -0.39 is 0 Å². The van der Waals surface area contributed by atoms with Gasteiger partial charge >= 0.3 is 0 Å². The van der Waals surface area contributed by atoms with Crippen molar-refractivity contribution >= 4 is 18.0 Å². The van der Waals surface area contributed by atoms with Crippen molar-refractivity contribution in [2.24, 2.45) is 0 Å². The molecule has 0 atom stereocenters. The van der Waals surface area contributed by atoms with Crippen LogP contribution in [0.4, 0.5) is 0 Å². The number of thioether (sulfide) groups is 1. The molecule has 1 aromatic rings. The van der Waals surface area contributed by atoms with Gasteiger partial charge in [-0.25, -0.2) is 0 Å². The van der Waals surface area contributed by atoms with E-state index in [2.05, 4.69) is 31.2 Å². The van der Waals surface area contributed by atoms with Gasteiger partial charge in [0.2, 0.25) is 0 Å². The maximum atomic E-state index is 11.3. The van der Waals surface area contributed by atoms with Gasteiger partial charge in [-0.3, -0.25) is 0 Å². The highest BCUT2D eigenvalue weighted by atomic mass is 32.2. The third-order valence-electron chi connectivity index (χ3n) is 3.26. The molecule has 0 heterocycles. The van der Waals surface area contributed by atoms with Crippen LogP contribution in [0.3, 0.4) is 0 Å². The molecule has 1 saturated carbocycles. The number of carbonyl (C=O) groups is 1. The van der Waals surface area contributed by atoms with E-state index in [1.54, 1.807) is 11.8 Å². The van der Waals surface area contributed by atoms with E-state index in [4.69, 9.17) is 0 Å². The lowest BCUT2D eigenvalue weighted by atomic mass is 9.89. The van der Waals surface area contributed by atoms with Crippen LogP contribution in [0, 0.1) is 6.92 Å². The zero-order valence-corrected chi connectivity index (χ0v) is 10.6. The summed E-state index contributed by atoms with van der Waals surface area (Å²) in [6.07, 6.45) is 6.92. The Morgan fingerprint density at radius 2 is 1.75 bits per heavy atom. The van der Waals surface area contributed by atoms with E-state index in [1.165, 1.54) is 36.0 Å². The molecule has 1 aliphatic rings. The summed E-state index contributed by atoms with van der Waals surface area (Å²) >= 11 is 1.75. The van der Waals surface area contributed by atoms with Gasteiger partial charge in [0.05, 0.1) is 4.75 Å². The van der Waals surface area contributed by atoms with Gasteiger partial charge in [-0.05, 0) is 31.9 Å². The third kappa shape index (κ3) is 2.67. The van der Waals surface area contributed by atoms with Crippen LogP contribution in [-0.2, 0) is 4.79 Å². The molecule has 1 fully saturated rings. The summed E-state index contributed by atoms with van der Waals surface area (Å²) in [7, 11) is 0. The summed E-state index contributed by atoms with van der Waals surface area (Å²) in [4.78, 5) is 12.6. The number of benzene rings is 1. The van der Waals surface area contributed by atoms with E-state index in [0.29, 0.717) is 0 Å². The molecule has 0 unspecified atom stereocenters. The van der Waals surface area contributed by atoms with Crippen LogP contribution >= 0.6 is 11.8 Å². The molecular weight excluding hydrogens is 216 g/mol. The normalized spacial score (nSPS) is 19.3. The lowest BCUT2D eigenvalue weighted by Gasteiger charge is -2.31. The summed E-state index contributed by atoms with van der Waals surface area (Å²) in [5.74, 6) is 0. The third-order valence-corrected chi connectivity index (χ3v) is 4.68. The number of aryl methyl sites for hydroxylation is 1. The zero-order valence-electron chi connectivity index (χ0n) is 9.74. The van der Waals surface area contributed by atoms with Crippen LogP contribution < -0.4 is 0 Å². The molecule has 0 radical (unpaired) electrons. The van der Waals surface area contributed by atoms with E-state index in [9.17, 15) is 4.79 Å². The number of carbonyl (C=O) groups excluding carboxylic acids is 1. The van der Waals surface area contributed by atoms with Crippen LogP contribution in [-0.4, -0.2) is 11.0 Å². The second-order valence-corrected chi connectivity index (χ2v) is 6.15. The SMILES string of the molecule is Cc1ccc(SC2(C=O)CCCCC2)cc1. The van der Waals surface area contributed by atoms with Crippen LogP contribution in [0.5, 0.6) is 0 Å². The van der Waals surface area contributed by atoms with Gasteiger partial charge in [-0.1, -0.05) is 37.0 Å². The Balaban J connectivity index is 2.11. The lowest BCUT2D eigenvalue weighted by molar-refractivity contribution is -0.110. The minimum atomic E-state index is -0.145. The minimum Gasteiger partial charge on any atom is -0.302 e. The van der Waals surface area contributed by atoms with Crippen LogP contribution in [0.2, 0.25) is 0 Å².